The second-order valence-electron chi connectivity index (χ2n) is 8.68. The van der Waals surface area contributed by atoms with Crippen LogP contribution in [0.15, 0.2) is 58.7 Å². The minimum Gasteiger partial charge on any atom is -0.369 e. The summed E-state index contributed by atoms with van der Waals surface area (Å²) in [4.78, 5) is 42.4. The van der Waals surface area contributed by atoms with E-state index in [-0.39, 0.29) is 23.2 Å². The molecule has 0 aliphatic carbocycles. The number of hydrogen-bond donors (Lipinski definition) is 3. The average Bonchev–Trinajstić information content (AvgIpc) is 3.48. The Kier molecular flexibility index (Phi) is 8.41. The fraction of sp³-hybridized carbons (Fsp3) is 0.391. The lowest BCUT2D eigenvalue weighted by molar-refractivity contribution is -0.138. The number of carbonyl (C=O) groups excluding carboxylic acids is 3. The largest absolute Gasteiger partial charge is 0.369 e. The fourth-order valence-electron chi connectivity index (χ4n) is 3.95. The fourth-order valence-corrected chi connectivity index (χ4v) is 5.17. The van der Waals surface area contributed by atoms with Crippen LogP contribution in [0.2, 0.25) is 0 Å². The van der Waals surface area contributed by atoms with Gasteiger partial charge in [0.1, 0.15) is 12.1 Å². The van der Waals surface area contributed by atoms with Gasteiger partial charge in [0.2, 0.25) is 28.3 Å². The SMILES string of the molecule is CC(C)C[C@@H](NS(=O)(=O)c1ccccc1)C(=O)N1CCC[C@H]1C(=O)N=C(N)n1ccc(NC=O)c1. The van der Waals surface area contributed by atoms with E-state index in [0.29, 0.717) is 31.5 Å². The van der Waals surface area contributed by atoms with Crippen molar-refractivity contribution in [3.63, 3.8) is 0 Å². The summed E-state index contributed by atoms with van der Waals surface area (Å²) < 4.78 is 29.7. The zero-order chi connectivity index (χ0) is 25.6. The first kappa shape index (κ1) is 26.1. The summed E-state index contributed by atoms with van der Waals surface area (Å²) in [6.45, 7) is 4.09. The van der Waals surface area contributed by atoms with E-state index < -0.39 is 33.9 Å². The highest BCUT2D eigenvalue weighted by Crippen LogP contribution is 2.22. The highest BCUT2D eigenvalue weighted by atomic mass is 32.2. The lowest BCUT2D eigenvalue weighted by Crippen LogP contribution is -2.52. The van der Waals surface area contributed by atoms with Crippen molar-refractivity contribution in [1.29, 1.82) is 0 Å². The molecule has 1 fully saturated rings. The van der Waals surface area contributed by atoms with Crippen LogP contribution in [0.5, 0.6) is 0 Å². The number of sulfonamides is 1. The number of likely N-dealkylation sites (tertiary alicyclic amines) is 1. The van der Waals surface area contributed by atoms with Crippen molar-refractivity contribution in [3.8, 4) is 0 Å². The molecule has 12 heteroatoms. The molecule has 3 amide bonds. The highest BCUT2D eigenvalue weighted by molar-refractivity contribution is 7.89. The molecule has 1 aromatic carbocycles. The van der Waals surface area contributed by atoms with Crippen LogP contribution >= 0.6 is 0 Å². The lowest BCUT2D eigenvalue weighted by atomic mass is 10.0. The zero-order valence-corrected chi connectivity index (χ0v) is 20.4. The van der Waals surface area contributed by atoms with Crippen LogP contribution < -0.4 is 15.8 Å². The van der Waals surface area contributed by atoms with Crippen molar-refractivity contribution in [2.75, 3.05) is 11.9 Å². The average molecular weight is 503 g/mol. The number of amides is 3. The van der Waals surface area contributed by atoms with Crippen LogP contribution in [0.3, 0.4) is 0 Å². The number of aliphatic imine (C=N–C) groups is 1. The first-order valence-corrected chi connectivity index (χ1v) is 12.7. The maximum atomic E-state index is 13.5. The van der Waals surface area contributed by atoms with E-state index in [1.165, 1.54) is 34.0 Å². The molecule has 35 heavy (non-hydrogen) atoms. The van der Waals surface area contributed by atoms with Crippen LogP contribution in [0.25, 0.3) is 0 Å². The number of nitrogens with two attached hydrogens (primary N) is 1. The van der Waals surface area contributed by atoms with Gasteiger partial charge < -0.3 is 16.0 Å². The maximum Gasteiger partial charge on any atom is 0.271 e. The molecule has 0 spiro atoms. The number of hydrogen-bond acceptors (Lipinski definition) is 5. The van der Waals surface area contributed by atoms with Crippen LogP contribution in [0.1, 0.15) is 33.1 Å². The monoisotopic (exact) mass is 502 g/mol. The van der Waals surface area contributed by atoms with Crippen LogP contribution in [0.4, 0.5) is 5.69 Å². The highest BCUT2D eigenvalue weighted by Gasteiger charge is 2.38. The van der Waals surface area contributed by atoms with Gasteiger partial charge >= 0.3 is 0 Å². The summed E-state index contributed by atoms with van der Waals surface area (Å²) >= 11 is 0. The number of nitrogens with one attached hydrogen (secondary N) is 2. The second-order valence-corrected chi connectivity index (χ2v) is 10.4. The third kappa shape index (κ3) is 6.55. The number of nitrogens with zero attached hydrogens (tertiary/aromatic N) is 3. The lowest BCUT2D eigenvalue weighted by Gasteiger charge is -2.28. The normalized spacial score (nSPS) is 17.4. The minimum atomic E-state index is -3.94. The van der Waals surface area contributed by atoms with Crippen molar-refractivity contribution in [1.82, 2.24) is 14.2 Å². The number of rotatable bonds is 9. The second kappa shape index (κ2) is 11.3. The molecule has 1 aliphatic heterocycles. The molecule has 0 radical (unpaired) electrons. The predicted octanol–water partition coefficient (Wildman–Crippen LogP) is 1.13. The number of aromatic nitrogens is 1. The van der Waals surface area contributed by atoms with E-state index in [0.717, 1.165) is 0 Å². The Bertz CT molecular complexity index is 1190. The van der Waals surface area contributed by atoms with Crippen LogP contribution in [-0.2, 0) is 24.4 Å². The van der Waals surface area contributed by atoms with Crippen molar-refractivity contribution in [2.45, 2.75) is 50.1 Å². The van der Waals surface area contributed by atoms with E-state index in [4.69, 9.17) is 5.73 Å². The molecule has 2 heterocycles. The van der Waals surface area contributed by atoms with Crippen LogP contribution in [0, 0.1) is 5.92 Å². The molecule has 11 nitrogen and oxygen atoms in total. The minimum absolute atomic E-state index is 0.0238. The molecule has 0 unspecified atom stereocenters. The van der Waals surface area contributed by atoms with Crippen molar-refractivity contribution >= 4 is 39.9 Å². The Morgan fingerprint density at radius 3 is 2.60 bits per heavy atom. The van der Waals surface area contributed by atoms with E-state index >= 15 is 0 Å². The van der Waals surface area contributed by atoms with Crippen LogP contribution in [-0.4, -0.2) is 60.7 Å². The Labute approximate surface area is 204 Å². The predicted molar refractivity (Wildman–Crippen MR) is 131 cm³/mol. The van der Waals surface area contributed by atoms with Crippen molar-refractivity contribution < 1.29 is 22.8 Å². The molecule has 2 aromatic rings. The summed E-state index contributed by atoms with van der Waals surface area (Å²) in [5.74, 6) is -1.16. The first-order chi connectivity index (χ1) is 16.6. The third-order valence-electron chi connectivity index (χ3n) is 5.58. The molecular formula is C23H30N6O5S. The van der Waals surface area contributed by atoms with Gasteiger partial charge in [-0.05, 0) is 43.4 Å². The van der Waals surface area contributed by atoms with Gasteiger partial charge in [0.25, 0.3) is 5.91 Å². The molecule has 1 aromatic heterocycles. The van der Waals surface area contributed by atoms with Gasteiger partial charge in [-0.15, -0.1) is 0 Å². The van der Waals surface area contributed by atoms with Gasteiger partial charge in [0.05, 0.1) is 10.6 Å². The molecule has 2 atom stereocenters. The summed E-state index contributed by atoms with van der Waals surface area (Å²) in [6.07, 6.45) is 4.78. The van der Waals surface area contributed by atoms with Gasteiger partial charge in [-0.1, -0.05) is 32.0 Å². The third-order valence-corrected chi connectivity index (χ3v) is 7.07. The van der Waals surface area contributed by atoms with Gasteiger partial charge in [-0.3, -0.25) is 19.0 Å². The molecule has 1 saturated heterocycles. The maximum absolute atomic E-state index is 13.5. The zero-order valence-electron chi connectivity index (χ0n) is 19.6. The van der Waals surface area contributed by atoms with E-state index in [1.54, 1.807) is 24.3 Å². The Balaban J connectivity index is 1.79. The Hall–Kier alpha value is -3.51. The van der Waals surface area contributed by atoms with Gasteiger partial charge in [-0.2, -0.15) is 9.71 Å². The first-order valence-electron chi connectivity index (χ1n) is 11.3. The van der Waals surface area contributed by atoms with E-state index in [1.807, 2.05) is 13.8 Å². The molecule has 4 N–H and O–H groups in total. The van der Waals surface area contributed by atoms with E-state index in [9.17, 15) is 22.8 Å². The number of benzene rings is 1. The molecule has 188 valence electrons. The molecular weight excluding hydrogens is 472 g/mol. The Morgan fingerprint density at radius 1 is 1.23 bits per heavy atom. The summed E-state index contributed by atoms with van der Waals surface area (Å²) in [5, 5.41) is 2.47. The molecule has 1 aliphatic rings. The molecule has 3 rings (SSSR count). The number of anilines is 1. The van der Waals surface area contributed by atoms with Gasteiger partial charge in [0.15, 0.2) is 0 Å². The van der Waals surface area contributed by atoms with Gasteiger partial charge in [0, 0.05) is 18.9 Å². The van der Waals surface area contributed by atoms with Crippen molar-refractivity contribution in [3.05, 3.63) is 48.8 Å². The smallest absolute Gasteiger partial charge is 0.271 e. The summed E-state index contributed by atoms with van der Waals surface area (Å²) in [6, 6.07) is 7.53. The van der Waals surface area contributed by atoms with Crippen molar-refractivity contribution in [2.24, 2.45) is 16.6 Å². The molecule has 0 bridgehead atoms. The topological polar surface area (TPSA) is 156 Å². The standard InChI is InChI=1S/C23H30N6O5S/c1-16(2)13-19(27-35(33,34)18-7-4-3-5-8-18)22(32)29-11-6-9-20(29)21(31)26-23(24)28-12-10-17(14-28)25-15-30/h3-5,7-8,10,12,14-16,19-20,27H,6,9,11,13H2,1-2H3,(H,25,30)(H2,24,26,31)/t19-,20+/m1/s1. The quantitative estimate of drug-likeness (QED) is 0.265. The summed E-state index contributed by atoms with van der Waals surface area (Å²) in [7, 11) is -3.94. The molecule has 0 saturated carbocycles. The Morgan fingerprint density at radius 2 is 1.94 bits per heavy atom. The summed E-state index contributed by atoms with van der Waals surface area (Å²) in [5.41, 5.74) is 6.43. The van der Waals surface area contributed by atoms with E-state index in [2.05, 4.69) is 15.0 Å². The number of carbonyl (C=O) groups is 3. The van der Waals surface area contributed by atoms with Gasteiger partial charge in [-0.25, -0.2) is 8.42 Å².